The van der Waals surface area contributed by atoms with E-state index in [1.165, 1.54) is 23.9 Å². The number of aromatic nitrogens is 3. The van der Waals surface area contributed by atoms with Crippen molar-refractivity contribution in [1.29, 1.82) is 0 Å². The maximum absolute atomic E-state index is 13.5. The molecule has 4 aromatic rings. The Morgan fingerprint density at radius 2 is 1.75 bits per heavy atom. The first kappa shape index (κ1) is 22.3. The highest BCUT2D eigenvalue weighted by molar-refractivity contribution is 7.99. The van der Waals surface area contributed by atoms with Crippen LogP contribution in [-0.4, -0.2) is 26.4 Å². The second kappa shape index (κ2) is 9.73. The Bertz CT molecular complexity index is 1260. The minimum absolute atomic E-state index is 0.103. The van der Waals surface area contributed by atoms with Crippen LogP contribution in [0.25, 0.3) is 17.1 Å². The number of anilines is 1. The minimum Gasteiger partial charge on any atom is -0.325 e. The molecule has 0 aliphatic rings. The molecular weight excluding hydrogens is 470 g/mol. The van der Waals surface area contributed by atoms with E-state index >= 15 is 0 Å². The molecule has 0 saturated carbocycles. The standard InChI is InChI=1S/C23H17Cl2FN4OS/c1-14-19(25)3-2-4-20(14)27-21(31)13-32-23-29-28-22(15-5-7-16(24)8-6-15)30(23)18-11-9-17(26)10-12-18/h2-12H,13H2,1H3,(H,27,31). The van der Waals surface area contributed by atoms with Gasteiger partial charge in [-0.05, 0) is 73.2 Å². The van der Waals surface area contributed by atoms with Crippen LogP contribution in [0, 0.1) is 12.7 Å². The van der Waals surface area contributed by atoms with E-state index < -0.39 is 0 Å². The van der Waals surface area contributed by atoms with Crippen molar-refractivity contribution in [3.05, 3.63) is 88.2 Å². The van der Waals surface area contributed by atoms with E-state index in [1.807, 2.05) is 19.1 Å². The van der Waals surface area contributed by atoms with Crippen LogP contribution in [0.1, 0.15) is 5.56 Å². The van der Waals surface area contributed by atoms with Crippen molar-refractivity contribution in [2.45, 2.75) is 12.1 Å². The molecule has 1 aromatic heterocycles. The normalized spacial score (nSPS) is 10.9. The molecule has 1 amide bonds. The van der Waals surface area contributed by atoms with Gasteiger partial charge in [-0.25, -0.2) is 4.39 Å². The highest BCUT2D eigenvalue weighted by Crippen LogP contribution is 2.29. The van der Waals surface area contributed by atoms with Crippen molar-refractivity contribution in [2.75, 3.05) is 11.1 Å². The monoisotopic (exact) mass is 486 g/mol. The molecule has 162 valence electrons. The van der Waals surface area contributed by atoms with E-state index in [0.717, 1.165) is 11.1 Å². The minimum atomic E-state index is -0.347. The molecule has 0 atom stereocenters. The number of carbonyl (C=O) groups excluding carboxylic acids is 1. The molecule has 0 unspecified atom stereocenters. The lowest BCUT2D eigenvalue weighted by Crippen LogP contribution is -2.15. The number of hydrogen-bond acceptors (Lipinski definition) is 4. The van der Waals surface area contributed by atoms with Gasteiger partial charge >= 0.3 is 0 Å². The van der Waals surface area contributed by atoms with Crippen molar-refractivity contribution in [1.82, 2.24) is 14.8 Å². The predicted octanol–water partition coefficient (Wildman–Crippen LogP) is 6.42. The molecule has 0 fully saturated rings. The molecule has 0 aliphatic carbocycles. The Kier molecular flexibility index (Phi) is 6.79. The maximum Gasteiger partial charge on any atom is 0.234 e. The number of benzene rings is 3. The third kappa shape index (κ3) is 4.96. The Morgan fingerprint density at radius 3 is 2.47 bits per heavy atom. The quantitative estimate of drug-likeness (QED) is 0.319. The molecule has 4 rings (SSSR count). The predicted molar refractivity (Wildman–Crippen MR) is 127 cm³/mol. The van der Waals surface area contributed by atoms with Crippen molar-refractivity contribution in [2.24, 2.45) is 0 Å². The molecule has 3 aromatic carbocycles. The summed E-state index contributed by atoms with van der Waals surface area (Å²) in [5.74, 6) is 0.107. The van der Waals surface area contributed by atoms with Gasteiger partial charge in [-0.2, -0.15) is 0 Å². The molecule has 0 aliphatic heterocycles. The molecule has 0 saturated heterocycles. The van der Waals surface area contributed by atoms with E-state index in [4.69, 9.17) is 23.2 Å². The Balaban J connectivity index is 1.60. The lowest BCUT2D eigenvalue weighted by Gasteiger charge is -2.11. The lowest BCUT2D eigenvalue weighted by molar-refractivity contribution is -0.113. The third-order valence-corrected chi connectivity index (χ3v) is 6.29. The van der Waals surface area contributed by atoms with Gasteiger partial charge in [-0.1, -0.05) is 41.0 Å². The van der Waals surface area contributed by atoms with Crippen LogP contribution in [0.15, 0.2) is 71.9 Å². The van der Waals surface area contributed by atoms with E-state index in [2.05, 4.69) is 15.5 Å². The number of thioether (sulfide) groups is 1. The molecule has 0 spiro atoms. The summed E-state index contributed by atoms with van der Waals surface area (Å²) in [6.07, 6.45) is 0. The fourth-order valence-corrected chi connectivity index (χ4v) is 4.08. The van der Waals surface area contributed by atoms with Gasteiger partial charge < -0.3 is 5.32 Å². The summed E-state index contributed by atoms with van der Waals surface area (Å²) >= 11 is 13.4. The second-order valence-electron chi connectivity index (χ2n) is 6.87. The van der Waals surface area contributed by atoms with Gasteiger partial charge in [0.25, 0.3) is 0 Å². The van der Waals surface area contributed by atoms with Crippen LogP contribution in [-0.2, 0) is 4.79 Å². The van der Waals surface area contributed by atoms with Crippen LogP contribution in [0.4, 0.5) is 10.1 Å². The molecule has 1 heterocycles. The van der Waals surface area contributed by atoms with E-state index in [0.29, 0.717) is 32.4 Å². The summed E-state index contributed by atoms with van der Waals surface area (Å²) in [4.78, 5) is 12.6. The second-order valence-corrected chi connectivity index (χ2v) is 8.66. The fourth-order valence-electron chi connectivity index (χ4n) is 3.03. The number of nitrogens with one attached hydrogen (secondary N) is 1. The zero-order valence-electron chi connectivity index (χ0n) is 16.8. The first-order valence-electron chi connectivity index (χ1n) is 9.57. The molecule has 5 nitrogen and oxygen atoms in total. The summed E-state index contributed by atoms with van der Waals surface area (Å²) < 4.78 is 15.3. The Hall–Kier alpha value is -2.87. The zero-order chi connectivity index (χ0) is 22.7. The zero-order valence-corrected chi connectivity index (χ0v) is 19.2. The first-order valence-corrected chi connectivity index (χ1v) is 11.3. The number of halogens is 3. The van der Waals surface area contributed by atoms with Gasteiger partial charge in [-0.15, -0.1) is 10.2 Å². The molecular formula is C23H17Cl2FN4OS. The van der Waals surface area contributed by atoms with Crippen molar-refractivity contribution in [3.63, 3.8) is 0 Å². The van der Waals surface area contributed by atoms with Crippen molar-refractivity contribution >= 4 is 46.6 Å². The van der Waals surface area contributed by atoms with E-state index in [-0.39, 0.29) is 17.5 Å². The van der Waals surface area contributed by atoms with Crippen LogP contribution in [0.2, 0.25) is 10.0 Å². The summed E-state index contributed by atoms with van der Waals surface area (Å²) in [5, 5.41) is 13.1. The summed E-state index contributed by atoms with van der Waals surface area (Å²) in [7, 11) is 0. The van der Waals surface area contributed by atoms with Gasteiger partial charge in [0, 0.05) is 27.0 Å². The first-order chi connectivity index (χ1) is 15.4. The van der Waals surface area contributed by atoms with Crippen LogP contribution < -0.4 is 5.32 Å². The molecule has 0 bridgehead atoms. The number of amides is 1. The molecule has 32 heavy (non-hydrogen) atoms. The van der Waals surface area contributed by atoms with Gasteiger partial charge in [-0.3, -0.25) is 9.36 Å². The average Bonchev–Trinajstić information content (AvgIpc) is 3.20. The highest BCUT2D eigenvalue weighted by atomic mass is 35.5. The summed E-state index contributed by atoms with van der Waals surface area (Å²) in [5.41, 5.74) is 2.92. The average molecular weight is 487 g/mol. The number of nitrogens with zero attached hydrogens (tertiary/aromatic N) is 3. The van der Waals surface area contributed by atoms with Crippen LogP contribution >= 0.6 is 35.0 Å². The van der Waals surface area contributed by atoms with Crippen LogP contribution in [0.3, 0.4) is 0 Å². The van der Waals surface area contributed by atoms with Gasteiger partial charge in [0.1, 0.15) is 5.82 Å². The Labute approximate surface area is 198 Å². The smallest absolute Gasteiger partial charge is 0.234 e. The number of carbonyl (C=O) groups is 1. The van der Waals surface area contributed by atoms with E-state index in [9.17, 15) is 9.18 Å². The number of hydrogen-bond donors (Lipinski definition) is 1. The van der Waals surface area contributed by atoms with Crippen molar-refractivity contribution in [3.8, 4) is 17.1 Å². The topological polar surface area (TPSA) is 59.8 Å². The summed E-state index contributed by atoms with van der Waals surface area (Å²) in [6, 6.07) is 18.5. The van der Waals surface area contributed by atoms with Gasteiger partial charge in [0.05, 0.1) is 5.75 Å². The van der Waals surface area contributed by atoms with E-state index in [1.54, 1.807) is 47.0 Å². The largest absolute Gasteiger partial charge is 0.325 e. The third-order valence-electron chi connectivity index (χ3n) is 4.69. The number of rotatable bonds is 6. The Morgan fingerprint density at radius 1 is 1.03 bits per heavy atom. The van der Waals surface area contributed by atoms with Crippen LogP contribution in [0.5, 0.6) is 0 Å². The molecule has 9 heteroatoms. The highest BCUT2D eigenvalue weighted by Gasteiger charge is 2.18. The molecule has 1 N–H and O–H groups in total. The SMILES string of the molecule is Cc1c(Cl)cccc1NC(=O)CSc1nnc(-c2ccc(Cl)cc2)n1-c1ccc(F)cc1. The summed E-state index contributed by atoms with van der Waals surface area (Å²) in [6.45, 7) is 1.84. The molecule has 0 radical (unpaired) electrons. The fraction of sp³-hybridized carbons (Fsp3) is 0.0870. The van der Waals surface area contributed by atoms with Gasteiger partial charge in [0.2, 0.25) is 5.91 Å². The lowest BCUT2D eigenvalue weighted by atomic mass is 10.2. The van der Waals surface area contributed by atoms with Gasteiger partial charge in [0.15, 0.2) is 11.0 Å². The van der Waals surface area contributed by atoms with Crippen molar-refractivity contribution < 1.29 is 9.18 Å². The maximum atomic E-state index is 13.5.